The summed E-state index contributed by atoms with van der Waals surface area (Å²) in [4.78, 5) is 15.9. The highest BCUT2D eigenvalue weighted by Crippen LogP contribution is 2.13. The fourth-order valence-corrected chi connectivity index (χ4v) is 1.77. The number of methoxy groups -OCH3 is 1. The van der Waals surface area contributed by atoms with E-state index >= 15 is 0 Å². The number of pyridine rings is 1. The van der Waals surface area contributed by atoms with Crippen LogP contribution in [-0.2, 0) is 0 Å². The molecule has 2 N–H and O–H groups in total. The van der Waals surface area contributed by atoms with Gasteiger partial charge >= 0.3 is 0 Å². The molecule has 0 bridgehead atoms. The van der Waals surface area contributed by atoms with Crippen molar-refractivity contribution in [2.75, 3.05) is 20.2 Å². The van der Waals surface area contributed by atoms with Crippen molar-refractivity contribution < 1.29 is 9.53 Å². The number of nitrogens with one attached hydrogen (secondary N) is 2. The highest BCUT2D eigenvalue weighted by atomic mass is 16.5. The summed E-state index contributed by atoms with van der Waals surface area (Å²) in [5.74, 6) is 0.240. The number of carbonyl (C=O) groups is 1. The van der Waals surface area contributed by atoms with Gasteiger partial charge in [-0.2, -0.15) is 0 Å². The zero-order valence-corrected chi connectivity index (χ0v) is 9.19. The summed E-state index contributed by atoms with van der Waals surface area (Å²) in [5.41, 5.74) is 0.483. The zero-order valence-electron chi connectivity index (χ0n) is 9.19. The number of rotatable bonds is 3. The largest absolute Gasteiger partial charge is 0.480 e. The Morgan fingerprint density at radius 3 is 3.25 bits per heavy atom. The first-order valence-electron chi connectivity index (χ1n) is 5.32. The van der Waals surface area contributed by atoms with Crippen molar-refractivity contribution in [3.05, 3.63) is 23.9 Å². The Hall–Kier alpha value is -1.62. The van der Waals surface area contributed by atoms with E-state index in [2.05, 4.69) is 15.6 Å². The number of hydrogen-bond donors (Lipinski definition) is 2. The van der Waals surface area contributed by atoms with Crippen LogP contribution >= 0.6 is 0 Å². The van der Waals surface area contributed by atoms with Gasteiger partial charge in [-0.3, -0.25) is 4.79 Å². The molecule has 1 atom stereocenters. The van der Waals surface area contributed by atoms with Gasteiger partial charge in [0.25, 0.3) is 5.91 Å². The normalized spacial score (nSPS) is 19.4. The minimum absolute atomic E-state index is 0.126. The molecular formula is C11H15N3O2. The lowest BCUT2D eigenvalue weighted by atomic mass is 10.2. The van der Waals surface area contributed by atoms with Crippen LogP contribution in [0.2, 0.25) is 0 Å². The number of aromatic nitrogens is 1. The predicted octanol–water partition coefficient (Wildman–Crippen LogP) is 0.182. The Kier molecular flexibility index (Phi) is 3.36. The van der Waals surface area contributed by atoms with Gasteiger partial charge in [0.2, 0.25) is 5.88 Å². The second-order valence-electron chi connectivity index (χ2n) is 3.72. The molecule has 2 heterocycles. The maximum atomic E-state index is 11.9. The standard InChI is InChI=1S/C11H15N3O2/c1-16-11-9(3-2-5-13-11)10(15)14-8-4-6-12-7-8/h2-3,5,8,12H,4,6-7H2,1H3,(H,14,15). The Balaban J connectivity index is 2.07. The smallest absolute Gasteiger partial charge is 0.257 e. The summed E-state index contributed by atoms with van der Waals surface area (Å²) in [6.45, 7) is 1.78. The van der Waals surface area contributed by atoms with Gasteiger partial charge in [-0.05, 0) is 25.1 Å². The first kappa shape index (κ1) is 10.9. The molecule has 1 amide bonds. The highest BCUT2D eigenvalue weighted by Gasteiger charge is 2.19. The summed E-state index contributed by atoms with van der Waals surface area (Å²) in [6.07, 6.45) is 2.57. The molecule has 1 saturated heterocycles. The van der Waals surface area contributed by atoms with Crippen LogP contribution in [-0.4, -0.2) is 37.1 Å². The Morgan fingerprint density at radius 1 is 1.69 bits per heavy atom. The first-order chi connectivity index (χ1) is 7.81. The van der Waals surface area contributed by atoms with Crippen molar-refractivity contribution in [2.45, 2.75) is 12.5 Å². The molecule has 16 heavy (non-hydrogen) atoms. The third kappa shape index (κ3) is 2.30. The average Bonchev–Trinajstić information content (AvgIpc) is 2.81. The summed E-state index contributed by atoms with van der Waals surface area (Å²) in [7, 11) is 1.51. The van der Waals surface area contributed by atoms with E-state index in [0.717, 1.165) is 19.5 Å². The van der Waals surface area contributed by atoms with Gasteiger partial charge < -0.3 is 15.4 Å². The van der Waals surface area contributed by atoms with E-state index in [1.807, 2.05) is 0 Å². The van der Waals surface area contributed by atoms with Crippen molar-refractivity contribution in [2.24, 2.45) is 0 Å². The van der Waals surface area contributed by atoms with Crippen molar-refractivity contribution >= 4 is 5.91 Å². The van der Waals surface area contributed by atoms with Gasteiger partial charge in [-0.15, -0.1) is 0 Å². The minimum atomic E-state index is -0.126. The summed E-state index contributed by atoms with van der Waals surface area (Å²) in [5, 5.41) is 6.14. The third-order valence-corrected chi connectivity index (χ3v) is 2.60. The quantitative estimate of drug-likeness (QED) is 0.764. The molecule has 1 aromatic rings. The number of nitrogens with zero attached hydrogens (tertiary/aromatic N) is 1. The Labute approximate surface area is 94.2 Å². The molecule has 1 unspecified atom stereocenters. The lowest BCUT2D eigenvalue weighted by molar-refractivity contribution is 0.0936. The summed E-state index contributed by atoms with van der Waals surface area (Å²) < 4.78 is 5.04. The molecule has 0 aromatic carbocycles. The highest BCUT2D eigenvalue weighted by molar-refractivity contribution is 5.96. The number of carbonyl (C=O) groups excluding carboxylic acids is 1. The Bertz CT molecular complexity index is 375. The lowest BCUT2D eigenvalue weighted by Gasteiger charge is -2.12. The second-order valence-corrected chi connectivity index (χ2v) is 3.72. The van der Waals surface area contributed by atoms with Crippen LogP contribution in [0.1, 0.15) is 16.8 Å². The number of ether oxygens (including phenoxy) is 1. The average molecular weight is 221 g/mol. The summed E-state index contributed by atoms with van der Waals surface area (Å²) in [6, 6.07) is 3.64. The van der Waals surface area contributed by atoms with E-state index in [9.17, 15) is 4.79 Å². The van der Waals surface area contributed by atoms with Crippen LogP contribution in [0.5, 0.6) is 5.88 Å². The zero-order chi connectivity index (χ0) is 11.4. The minimum Gasteiger partial charge on any atom is -0.480 e. The van der Waals surface area contributed by atoms with Crippen molar-refractivity contribution in [3.63, 3.8) is 0 Å². The van der Waals surface area contributed by atoms with Gasteiger partial charge in [0, 0.05) is 18.8 Å². The van der Waals surface area contributed by atoms with Gasteiger partial charge in [0.05, 0.1) is 7.11 Å². The van der Waals surface area contributed by atoms with E-state index in [1.54, 1.807) is 18.3 Å². The molecule has 86 valence electrons. The van der Waals surface area contributed by atoms with E-state index < -0.39 is 0 Å². The van der Waals surface area contributed by atoms with Gasteiger partial charge in [0.15, 0.2) is 0 Å². The molecule has 0 spiro atoms. The number of hydrogen-bond acceptors (Lipinski definition) is 4. The van der Waals surface area contributed by atoms with Crippen LogP contribution in [0.3, 0.4) is 0 Å². The summed E-state index contributed by atoms with van der Waals surface area (Å²) >= 11 is 0. The van der Waals surface area contributed by atoms with Crippen LogP contribution < -0.4 is 15.4 Å². The van der Waals surface area contributed by atoms with E-state index in [4.69, 9.17) is 4.74 Å². The van der Waals surface area contributed by atoms with Crippen LogP contribution in [0, 0.1) is 0 Å². The molecule has 0 saturated carbocycles. The van der Waals surface area contributed by atoms with Crippen molar-refractivity contribution in [1.29, 1.82) is 0 Å². The van der Waals surface area contributed by atoms with Gasteiger partial charge in [-0.1, -0.05) is 0 Å². The topological polar surface area (TPSA) is 63.2 Å². The molecule has 0 aliphatic carbocycles. The van der Waals surface area contributed by atoms with Crippen molar-refractivity contribution in [3.8, 4) is 5.88 Å². The van der Waals surface area contributed by atoms with Crippen molar-refractivity contribution in [1.82, 2.24) is 15.6 Å². The van der Waals surface area contributed by atoms with E-state index in [1.165, 1.54) is 7.11 Å². The van der Waals surface area contributed by atoms with E-state index in [0.29, 0.717) is 11.4 Å². The van der Waals surface area contributed by atoms with Crippen LogP contribution in [0.4, 0.5) is 0 Å². The molecule has 5 heteroatoms. The monoisotopic (exact) mass is 221 g/mol. The SMILES string of the molecule is COc1ncccc1C(=O)NC1CCNC1. The fraction of sp³-hybridized carbons (Fsp3) is 0.455. The third-order valence-electron chi connectivity index (χ3n) is 2.60. The van der Waals surface area contributed by atoms with Gasteiger partial charge in [0.1, 0.15) is 5.56 Å². The predicted molar refractivity (Wildman–Crippen MR) is 59.5 cm³/mol. The first-order valence-corrected chi connectivity index (χ1v) is 5.32. The number of amides is 1. The second kappa shape index (κ2) is 4.94. The Morgan fingerprint density at radius 2 is 2.56 bits per heavy atom. The molecule has 2 rings (SSSR count). The fourth-order valence-electron chi connectivity index (χ4n) is 1.77. The molecule has 1 aliphatic heterocycles. The van der Waals surface area contributed by atoms with Gasteiger partial charge in [-0.25, -0.2) is 4.98 Å². The maximum absolute atomic E-state index is 11.9. The van der Waals surface area contributed by atoms with Crippen LogP contribution in [0.15, 0.2) is 18.3 Å². The molecule has 1 fully saturated rings. The maximum Gasteiger partial charge on any atom is 0.257 e. The van der Waals surface area contributed by atoms with E-state index in [-0.39, 0.29) is 11.9 Å². The van der Waals surface area contributed by atoms with Crippen LogP contribution in [0.25, 0.3) is 0 Å². The molecule has 0 radical (unpaired) electrons. The molecular weight excluding hydrogens is 206 g/mol. The lowest BCUT2D eigenvalue weighted by Crippen LogP contribution is -2.36. The molecule has 1 aliphatic rings. The molecule has 1 aromatic heterocycles. The molecule has 5 nitrogen and oxygen atoms in total.